The van der Waals surface area contributed by atoms with Gasteiger partial charge in [0.15, 0.2) is 0 Å². The molecular formula is C6H10F4O2. The molecule has 0 aliphatic heterocycles. The van der Waals surface area contributed by atoms with Gasteiger partial charge in [-0.15, -0.1) is 0 Å². The Kier molecular flexibility index (Phi) is 3.92. The highest BCUT2D eigenvalue weighted by atomic mass is 19.3. The topological polar surface area (TPSA) is 18.5 Å². The van der Waals surface area contributed by atoms with E-state index in [0.29, 0.717) is 0 Å². The average Bonchev–Trinajstić information content (AvgIpc) is 1.86. The van der Waals surface area contributed by atoms with E-state index in [1.54, 1.807) is 0 Å². The standard InChI is InChI=1S/C6H10F4O2/c1-3-11-5(7,8)6(9,10)12-4-2/h3-4H2,1-2H3. The molecule has 12 heavy (non-hydrogen) atoms. The molecule has 0 aromatic rings. The Morgan fingerprint density at radius 1 is 0.833 bits per heavy atom. The van der Waals surface area contributed by atoms with Gasteiger partial charge in [0.1, 0.15) is 0 Å². The molecule has 0 saturated heterocycles. The van der Waals surface area contributed by atoms with Gasteiger partial charge in [-0.05, 0) is 13.8 Å². The van der Waals surface area contributed by atoms with Gasteiger partial charge in [0, 0.05) is 0 Å². The highest BCUT2D eigenvalue weighted by molar-refractivity contribution is 4.65. The molecule has 0 rings (SSSR count). The fraction of sp³-hybridized carbons (Fsp3) is 1.00. The Labute approximate surface area is 67.5 Å². The summed E-state index contributed by atoms with van der Waals surface area (Å²) in [7, 11) is 0. The largest absolute Gasteiger partial charge is 0.448 e. The zero-order valence-corrected chi connectivity index (χ0v) is 6.74. The van der Waals surface area contributed by atoms with Crippen molar-refractivity contribution in [3.63, 3.8) is 0 Å². The predicted octanol–water partition coefficient (Wildman–Crippen LogP) is 2.25. The van der Waals surface area contributed by atoms with E-state index in [0.717, 1.165) is 0 Å². The van der Waals surface area contributed by atoms with Gasteiger partial charge in [0.2, 0.25) is 0 Å². The molecule has 0 heterocycles. The summed E-state index contributed by atoms with van der Waals surface area (Å²) in [6.45, 7) is 1.37. The molecule has 0 aliphatic rings. The minimum Gasteiger partial charge on any atom is -0.314 e. The van der Waals surface area contributed by atoms with Gasteiger partial charge in [0.25, 0.3) is 0 Å². The van der Waals surface area contributed by atoms with Crippen LogP contribution in [-0.4, -0.2) is 25.4 Å². The minimum atomic E-state index is -4.56. The van der Waals surface area contributed by atoms with E-state index in [1.807, 2.05) is 0 Å². The van der Waals surface area contributed by atoms with Gasteiger partial charge < -0.3 is 9.47 Å². The number of alkyl halides is 4. The maximum absolute atomic E-state index is 12.3. The third-order valence-corrected chi connectivity index (χ3v) is 0.990. The summed E-state index contributed by atoms with van der Waals surface area (Å²) in [5.41, 5.74) is 0. The van der Waals surface area contributed by atoms with E-state index in [-0.39, 0.29) is 0 Å². The summed E-state index contributed by atoms with van der Waals surface area (Å²) in [4.78, 5) is 0. The molecule has 0 bridgehead atoms. The summed E-state index contributed by atoms with van der Waals surface area (Å²) >= 11 is 0. The molecule has 0 aromatic carbocycles. The quantitative estimate of drug-likeness (QED) is 0.619. The Morgan fingerprint density at radius 2 is 1.08 bits per heavy atom. The summed E-state index contributed by atoms with van der Waals surface area (Å²) in [6, 6.07) is 0. The number of hydrogen-bond acceptors (Lipinski definition) is 2. The highest BCUT2D eigenvalue weighted by Gasteiger charge is 2.59. The van der Waals surface area contributed by atoms with E-state index in [9.17, 15) is 17.6 Å². The first kappa shape index (κ1) is 11.6. The first-order valence-electron chi connectivity index (χ1n) is 3.41. The van der Waals surface area contributed by atoms with E-state index >= 15 is 0 Å². The second-order valence-corrected chi connectivity index (χ2v) is 1.90. The second kappa shape index (κ2) is 4.04. The summed E-state index contributed by atoms with van der Waals surface area (Å²) in [5, 5.41) is 0. The SMILES string of the molecule is CCOC(F)(F)C(F)(F)OCC. The molecule has 0 atom stereocenters. The Morgan fingerprint density at radius 3 is 1.25 bits per heavy atom. The van der Waals surface area contributed by atoms with Crippen LogP contribution in [0.4, 0.5) is 17.6 Å². The molecule has 0 unspecified atom stereocenters. The van der Waals surface area contributed by atoms with Crippen LogP contribution in [0.5, 0.6) is 0 Å². The summed E-state index contributed by atoms with van der Waals surface area (Å²) < 4.78 is 56.2. The first-order valence-corrected chi connectivity index (χ1v) is 3.41. The van der Waals surface area contributed by atoms with Crippen LogP contribution >= 0.6 is 0 Å². The lowest BCUT2D eigenvalue weighted by Crippen LogP contribution is -2.45. The van der Waals surface area contributed by atoms with Crippen LogP contribution in [-0.2, 0) is 9.47 Å². The zero-order chi connectivity index (χ0) is 9.83. The molecule has 0 spiro atoms. The second-order valence-electron chi connectivity index (χ2n) is 1.90. The number of rotatable bonds is 5. The van der Waals surface area contributed by atoms with Crippen LogP contribution in [0.2, 0.25) is 0 Å². The molecule has 74 valence electrons. The molecule has 0 aliphatic carbocycles. The Balaban J connectivity index is 4.28. The monoisotopic (exact) mass is 190 g/mol. The normalized spacial score (nSPS) is 13.5. The van der Waals surface area contributed by atoms with Crippen molar-refractivity contribution in [3.8, 4) is 0 Å². The molecule has 0 radical (unpaired) electrons. The molecule has 0 amide bonds. The highest BCUT2D eigenvalue weighted by Crippen LogP contribution is 2.35. The van der Waals surface area contributed by atoms with E-state index < -0.39 is 25.4 Å². The lowest BCUT2D eigenvalue weighted by molar-refractivity contribution is -0.428. The van der Waals surface area contributed by atoms with Crippen LogP contribution in [0.3, 0.4) is 0 Å². The number of halogens is 4. The van der Waals surface area contributed by atoms with Crippen LogP contribution in [0.25, 0.3) is 0 Å². The van der Waals surface area contributed by atoms with Crippen molar-refractivity contribution >= 4 is 0 Å². The van der Waals surface area contributed by atoms with Gasteiger partial charge in [-0.3, -0.25) is 0 Å². The fourth-order valence-electron chi connectivity index (χ4n) is 0.531. The maximum Gasteiger partial charge on any atom is 0.448 e. The van der Waals surface area contributed by atoms with Crippen molar-refractivity contribution in [1.29, 1.82) is 0 Å². The van der Waals surface area contributed by atoms with Crippen molar-refractivity contribution in [2.45, 2.75) is 26.1 Å². The fourth-order valence-corrected chi connectivity index (χ4v) is 0.531. The molecule has 6 heteroatoms. The maximum atomic E-state index is 12.3. The summed E-state index contributed by atoms with van der Waals surface area (Å²) in [5.74, 6) is 0. The van der Waals surface area contributed by atoms with Crippen LogP contribution in [0.15, 0.2) is 0 Å². The van der Waals surface area contributed by atoms with E-state index in [2.05, 4.69) is 9.47 Å². The summed E-state index contributed by atoms with van der Waals surface area (Å²) in [6.07, 6.45) is -9.12. The molecule has 0 N–H and O–H groups in total. The molecule has 0 saturated carbocycles. The Bertz CT molecular complexity index is 122. The smallest absolute Gasteiger partial charge is 0.314 e. The van der Waals surface area contributed by atoms with Crippen LogP contribution in [0, 0.1) is 0 Å². The van der Waals surface area contributed by atoms with Gasteiger partial charge in [0.05, 0.1) is 13.2 Å². The lowest BCUT2D eigenvalue weighted by atomic mass is 10.5. The number of hydrogen-bond donors (Lipinski definition) is 0. The first-order chi connectivity index (χ1) is 5.37. The molecule has 0 aromatic heterocycles. The third-order valence-electron chi connectivity index (χ3n) is 0.990. The van der Waals surface area contributed by atoms with Crippen molar-refractivity contribution in [1.82, 2.24) is 0 Å². The van der Waals surface area contributed by atoms with E-state index in [1.165, 1.54) is 13.8 Å². The average molecular weight is 190 g/mol. The van der Waals surface area contributed by atoms with Crippen molar-refractivity contribution in [3.05, 3.63) is 0 Å². The number of ether oxygens (including phenoxy) is 2. The third kappa shape index (κ3) is 2.60. The Hall–Kier alpha value is -0.360. The zero-order valence-electron chi connectivity index (χ0n) is 6.74. The van der Waals surface area contributed by atoms with Crippen LogP contribution in [0.1, 0.15) is 13.8 Å². The van der Waals surface area contributed by atoms with Crippen LogP contribution < -0.4 is 0 Å². The molecule has 0 fully saturated rings. The van der Waals surface area contributed by atoms with Crippen molar-refractivity contribution < 1.29 is 27.0 Å². The van der Waals surface area contributed by atoms with Gasteiger partial charge in [-0.2, -0.15) is 17.6 Å². The lowest BCUT2D eigenvalue weighted by Gasteiger charge is -2.24. The molecule has 2 nitrogen and oxygen atoms in total. The predicted molar refractivity (Wildman–Crippen MR) is 33.1 cm³/mol. The molecular weight excluding hydrogens is 180 g/mol. The van der Waals surface area contributed by atoms with Crippen molar-refractivity contribution in [2.75, 3.05) is 13.2 Å². The van der Waals surface area contributed by atoms with E-state index in [4.69, 9.17) is 0 Å². The minimum absolute atomic E-state index is 0.504. The van der Waals surface area contributed by atoms with Gasteiger partial charge in [-0.1, -0.05) is 0 Å². The van der Waals surface area contributed by atoms with Gasteiger partial charge >= 0.3 is 12.2 Å². The van der Waals surface area contributed by atoms with Crippen molar-refractivity contribution in [2.24, 2.45) is 0 Å². The van der Waals surface area contributed by atoms with Gasteiger partial charge in [-0.25, -0.2) is 0 Å².